The van der Waals surface area contributed by atoms with Crippen molar-refractivity contribution in [2.24, 2.45) is 0 Å². The van der Waals surface area contributed by atoms with Crippen LogP contribution in [0.3, 0.4) is 0 Å². The summed E-state index contributed by atoms with van der Waals surface area (Å²) >= 11 is 0. The fraction of sp³-hybridized carbons (Fsp3) is 0.125. The number of nitrogens with zero attached hydrogens (tertiary/aromatic N) is 2. The van der Waals surface area contributed by atoms with Gasteiger partial charge in [-0.3, -0.25) is 14.5 Å². The predicted octanol–water partition coefficient (Wildman–Crippen LogP) is 5.94. The van der Waals surface area contributed by atoms with Gasteiger partial charge < -0.3 is 9.67 Å². The molecule has 4 aromatic carbocycles. The van der Waals surface area contributed by atoms with Gasteiger partial charge >= 0.3 is 0 Å². The number of benzene rings is 4. The van der Waals surface area contributed by atoms with Gasteiger partial charge in [0.1, 0.15) is 0 Å². The third kappa shape index (κ3) is 3.94. The minimum Gasteiger partial charge on any atom is -0.389 e. The second-order valence-corrected chi connectivity index (χ2v) is 9.51. The molecule has 182 valence electrons. The summed E-state index contributed by atoms with van der Waals surface area (Å²) < 4.78 is 2.12. The Morgan fingerprint density at radius 2 is 1.27 bits per heavy atom. The van der Waals surface area contributed by atoms with E-state index in [2.05, 4.69) is 54.0 Å². The Balaban J connectivity index is 1.45. The Hall–Kier alpha value is -4.48. The van der Waals surface area contributed by atoms with Crippen molar-refractivity contribution in [2.75, 3.05) is 6.54 Å². The molecule has 1 aliphatic heterocycles. The molecule has 1 atom stereocenters. The summed E-state index contributed by atoms with van der Waals surface area (Å²) in [5.41, 5.74) is 7.12. The van der Waals surface area contributed by atoms with Gasteiger partial charge in [0.05, 0.1) is 36.0 Å². The van der Waals surface area contributed by atoms with Crippen LogP contribution < -0.4 is 0 Å². The lowest BCUT2D eigenvalue weighted by Gasteiger charge is -2.21. The van der Waals surface area contributed by atoms with Gasteiger partial charge in [0.2, 0.25) is 0 Å². The van der Waals surface area contributed by atoms with Gasteiger partial charge in [-0.1, -0.05) is 84.4 Å². The monoisotopic (exact) mass is 486 g/mol. The largest absolute Gasteiger partial charge is 0.389 e. The van der Waals surface area contributed by atoms with Gasteiger partial charge in [-0.2, -0.15) is 0 Å². The molecule has 0 fully saturated rings. The number of carbonyl (C=O) groups is 2. The van der Waals surface area contributed by atoms with Gasteiger partial charge in [0.25, 0.3) is 11.8 Å². The number of hydrogen-bond acceptors (Lipinski definition) is 3. The van der Waals surface area contributed by atoms with E-state index in [0.717, 1.165) is 43.8 Å². The van der Waals surface area contributed by atoms with Crippen LogP contribution in [0.25, 0.3) is 33.3 Å². The van der Waals surface area contributed by atoms with E-state index in [1.165, 1.54) is 0 Å². The maximum Gasteiger partial charge on any atom is 0.261 e. The van der Waals surface area contributed by atoms with Crippen molar-refractivity contribution in [2.45, 2.75) is 19.6 Å². The Kier molecular flexibility index (Phi) is 5.70. The van der Waals surface area contributed by atoms with Gasteiger partial charge in [-0.15, -0.1) is 0 Å². The normalized spacial score (nSPS) is 13.8. The smallest absolute Gasteiger partial charge is 0.261 e. The number of aromatic nitrogens is 1. The highest BCUT2D eigenvalue weighted by Gasteiger charge is 2.36. The number of β-amino-alcohol motifs (C(OH)–C–C–N with tert-alkyl or cyclic N) is 1. The van der Waals surface area contributed by atoms with Crippen LogP contribution in [0.15, 0.2) is 103 Å². The lowest BCUT2D eigenvalue weighted by Crippen LogP contribution is -2.38. The molecule has 0 spiro atoms. The van der Waals surface area contributed by atoms with E-state index in [4.69, 9.17) is 0 Å². The predicted molar refractivity (Wildman–Crippen MR) is 145 cm³/mol. The van der Waals surface area contributed by atoms with Crippen LogP contribution in [0, 0.1) is 6.92 Å². The molecule has 6 rings (SSSR count). The third-order valence-corrected chi connectivity index (χ3v) is 6.99. The summed E-state index contributed by atoms with van der Waals surface area (Å²) in [5, 5.41) is 12.4. The van der Waals surface area contributed by atoms with E-state index in [-0.39, 0.29) is 24.9 Å². The number of aryl methyl sites for hydroxylation is 1. The van der Waals surface area contributed by atoms with Crippen LogP contribution in [-0.2, 0) is 6.54 Å². The summed E-state index contributed by atoms with van der Waals surface area (Å²) in [4.78, 5) is 27.0. The highest BCUT2D eigenvalue weighted by atomic mass is 16.3. The van der Waals surface area contributed by atoms with Crippen molar-refractivity contribution in [3.05, 3.63) is 120 Å². The molecular formula is C32H26N2O3. The molecule has 0 saturated heterocycles. The number of imide groups is 1. The van der Waals surface area contributed by atoms with Crippen LogP contribution in [0.2, 0.25) is 0 Å². The molecular weight excluding hydrogens is 460 g/mol. The third-order valence-electron chi connectivity index (χ3n) is 6.99. The highest BCUT2D eigenvalue weighted by Crippen LogP contribution is 2.41. The number of carbonyl (C=O) groups excluding carboxylic acids is 2. The number of rotatable bonds is 6. The molecule has 2 amide bonds. The topological polar surface area (TPSA) is 62.5 Å². The first-order chi connectivity index (χ1) is 18.0. The molecule has 2 heterocycles. The minimum atomic E-state index is -0.954. The average molecular weight is 487 g/mol. The summed E-state index contributed by atoms with van der Waals surface area (Å²) in [7, 11) is 0. The zero-order valence-electron chi connectivity index (χ0n) is 20.5. The highest BCUT2D eigenvalue weighted by molar-refractivity contribution is 6.21. The summed E-state index contributed by atoms with van der Waals surface area (Å²) in [6, 6.07) is 33.5. The van der Waals surface area contributed by atoms with Gasteiger partial charge in [0.15, 0.2) is 0 Å². The molecule has 1 aromatic heterocycles. The number of hydrogen-bond donors (Lipinski definition) is 1. The summed E-state index contributed by atoms with van der Waals surface area (Å²) in [6.07, 6.45) is -0.954. The zero-order valence-corrected chi connectivity index (χ0v) is 20.5. The lowest BCUT2D eigenvalue weighted by molar-refractivity contribution is 0.0523. The Morgan fingerprint density at radius 1 is 0.703 bits per heavy atom. The molecule has 0 saturated carbocycles. The Morgan fingerprint density at radius 3 is 1.89 bits per heavy atom. The van der Waals surface area contributed by atoms with Crippen LogP contribution in [-0.4, -0.2) is 39.0 Å². The van der Waals surface area contributed by atoms with E-state index in [1.807, 2.05) is 36.4 Å². The van der Waals surface area contributed by atoms with Crippen LogP contribution in [0.5, 0.6) is 0 Å². The first kappa shape index (κ1) is 23.0. The first-order valence-electron chi connectivity index (χ1n) is 12.4. The van der Waals surface area contributed by atoms with Crippen molar-refractivity contribution in [1.82, 2.24) is 9.47 Å². The number of fused-ring (bicyclic) bond motifs is 2. The number of amides is 2. The van der Waals surface area contributed by atoms with Gasteiger partial charge in [0, 0.05) is 16.5 Å². The Bertz CT molecular complexity index is 1600. The van der Waals surface area contributed by atoms with E-state index in [9.17, 15) is 14.7 Å². The zero-order chi connectivity index (χ0) is 25.5. The molecule has 5 heteroatoms. The van der Waals surface area contributed by atoms with Crippen molar-refractivity contribution >= 4 is 22.7 Å². The molecule has 5 aromatic rings. The fourth-order valence-electron chi connectivity index (χ4n) is 5.34. The summed E-state index contributed by atoms with van der Waals surface area (Å²) in [5.74, 6) is -0.721. The fourth-order valence-corrected chi connectivity index (χ4v) is 5.34. The van der Waals surface area contributed by atoms with Crippen molar-refractivity contribution in [1.29, 1.82) is 0 Å². The van der Waals surface area contributed by atoms with Gasteiger partial charge in [-0.05, 0) is 42.3 Å². The molecule has 1 aliphatic rings. The van der Waals surface area contributed by atoms with E-state index in [1.54, 1.807) is 24.3 Å². The lowest BCUT2D eigenvalue weighted by atomic mass is 9.98. The van der Waals surface area contributed by atoms with Crippen LogP contribution in [0.4, 0.5) is 0 Å². The van der Waals surface area contributed by atoms with Gasteiger partial charge in [-0.25, -0.2) is 0 Å². The molecule has 0 unspecified atom stereocenters. The molecule has 37 heavy (non-hydrogen) atoms. The van der Waals surface area contributed by atoms with Crippen molar-refractivity contribution < 1.29 is 14.7 Å². The van der Waals surface area contributed by atoms with Crippen molar-refractivity contribution in [3.8, 4) is 22.4 Å². The molecule has 0 bridgehead atoms. The maximum absolute atomic E-state index is 12.9. The van der Waals surface area contributed by atoms with E-state index < -0.39 is 6.10 Å². The molecule has 0 radical (unpaired) electrons. The summed E-state index contributed by atoms with van der Waals surface area (Å²) in [6.45, 7) is 2.22. The minimum absolute atomic E-state index is 0.0766. The SMILES string of the molecule is Cc1ccc2c(c1)c(-c1ccccc1)c(-c1ccccc1)n2C[C@@H](O)CN1C(=O)c2ccccc2C1=O. The van der Waals surface area contributed by atoms with Crippen molar-refractivity contribution in [3.63, 3.8) is 0 Å². The molecule has 5 nitrogen and oxygen atoms in total. The maximum atomic E-state index is 12.9. The molecule has 0 aliphatic carbocycles. The average Bonchev–Trinajstić information content (AvgIpc) is 3.36. The van der Waals surface area contributed by atoms with Crippen LogP contribution >= 0.6 is 0 Å². The number of aliphatic hydroxyl groups is 1. The number of aliphatic hydroxyl groups excluding tert-OH is 1. The standard InChI is InChI=1S/C32H26N2O3/c1-21-16-17-28-27(18-21)29(22-10-4-2-5-11-22)30(23-12-6-3-7-13-23)33(28)19-24(35)20-34-31(36)25-14-8-9-15-26(25)32(34)37/h2-18,24,35H,19-20H2,1H3/t24-/m1/s1. The second-order valence-electron chi connectivity index (χ2n) is 9.51. The van der Waals surface area contributed by atoms with E-state index in [0.29, 0.717) is 11.1 Å². The van der Waals surface area contributed by atoms with Crippen LogP contribution in [0.1, 0.15) is 26.3 Å². The quantitative estimate of drug-likeness (QED) is 0.302. The second kappa shape index (κ2) is 9.19. The Labute approximate surface area is 215 Å². The first-order valence-corrected chi connectivity index (χ1v) is 12.4. The molecule has 1 N–H and O–H groups in total. The van der Waals surface area contributed by atoms with E-state index >= 15 is 0 Å².